The molecule has 96 valence electrons. The monoisotopic (exact) mass is 237 g/mol. The van der Waals surface area contributed by atoms with E-state index in [0.717, 1.165) is 24.5 Å². The summed E-state index contributed by atoms with van der Waals surface area (Å²) in [6.45, 7) is 7.38. The van der Waals surface area contributed by atoms with Gasteiger partial charge in [0.2, 0.25) is 0 Å². The first-order valence-electron chi connectivity index (χ1n) is 6.22. The molecule has 0 aliphatic rings. The molecule has 1 aromatic carbocycles. The van der Waals surface area contributed by atoms with Crippen molar-refractivity contribution in [3.8, 4) is 11.5 Å². The molecule has 0 fully saturated rings. The highest BCUT2D eigenvalue weighted by atomic mass is 16.5. The van der Waals surface area contributed by atoms with Crippen molar-refractivity contribution in [2.45, 2.75) is 39.3 Å². The Labute approximate surface area is 104 Å². The lowest BCUT2D eigenvalue weighted by Crippen LogP contribution is -2.39. The van der Waals surface area contributed by atoms with Crippen molar-refractivity contribution in [2.24, 2.45) is 0 Å². The molecule has 17 heavy (non-hydrogen) atoms. The maximum Gasteiger partial charge on any atom is 0.161 e. The Balaban J connectivity index is 2.57. The number of hydrogen-bond acceptors (Lipinski definition) is 3. The van der Waals surface area contributed by atoms with Crippen LogP contribution in [-0.2, 0) is 0 Å². The zero-order chi connectivity index (χ0) is 12.7. The second-order valence-corrected chi connectivity index (χ2v) is 4.22. The molecule has 1 aromatic rings. The van der Waals surface area contributed by atoms with Gasteiger partial charge in [-0.15, -0.1) is 0 Å². The van der Waals surface area contributed by atoms with Gasteiger partial charge >= 0.3 is 0 Å². The van der Waals surface area contributed by atoms with Gasteiger partial charge in [0, 0.05) is 6.04 Å². The van der Waals surface area contributed by atoms with E-state index in [1.165, 1.54) is 0 Å². The summed E-state index contributed by atoms with van der Waals surface area (Å²) in [4.78, 5) is 0. The molecule has 0 aliphatic heterocycles. The van der Waals surface area contributed by atoms with Crippen molar-refractivity contribution in [2.75, 3.05) is 13.7 Å². The van der Waals surface area contributed by atoms with Crippen LogP contribution >= 0.6 is 0 Å². The van der Waals surface area contributed by atoms with Crippen LogP contribution in [0.4, 0.5) is 0 Å². The smallest absolute Gasteiger partial charge is 0.161 e. The van der Waals surface area contributed by atoms with Gasteiger partial charge < -0.3 is 14.8 Å². The minimum Gasteiger partial charge on any atom is -0.493 e. The first kappa shape index (κ1) is 13.8. The summed E-state index contributed by atoms with van der Waals surface area (Å²) in [5, 5.41) is 3.42. The van der Waals surface area contributed by atoms with Crippen LogP contribution in [0.15, 0.2) is 24.3 Å². The third-order valence-corrected chi connectivity index (χ3v) is 2.80. The van der Waals surface area contributed by atoms with Crippen LogP contribution in [0.5, 0.6) is 11.5 Å². The lowest BCUT2D eigenvalue weighted by atomic mass is 10.2. The number of ether oxygens (including phenoxy) is 2. The van der Waals surface area contributed by atoms with Crippen LogP contribution in [-0.4, -0.2) is 25.8 Å². The molecule has 1 N–H and O–H groups in total. The Kier molecular flexibility index (Phi) is 5.84. The van der Waals surface area contributed by atoms with Gasteiger partial charge in [-0.3, -0.25) is 0 Å². The average Bonchev–Trinajstić information content (AvgIpc) is 2.36. The molecule has 0 heterocycles. The number of nitrogens with one attached hydrogen (secondary N) is 1. The highest BCUT2D eigenvalue weighted by Gasteiger charge is 2.14. The van der Waals surface area contributed by atoms with Crippen LogP contribution in [0.25, 0.3) is 0 Å². The van der Waals surface area contributed by atoms with Crippen LogP contribution in [0.3, 0.4) is 0 Å². The van der Waals surface area contributed by atoms with Crippen molar-refractivity contribution < 1.29 is 9.47 Å². The number of methoxy groups -OCH3 is 1. The van der Waals surface area contributed by atoms with Crippen molar-refractivity contribution in [3.05, 3.63) is 24.3 Å². The third-order valence-electron chi connectivity index (χ3n) is 2.80. The molecule has 0 bridgehead atoms. The molecular formula is C14H23NO2. The minimum atomic E-state index is 0.109. The summed E-state index contributed by atoms with van der Waals surface area (Å²) < 4.78 is 11.2. The van der Waals surface area contributed by atoms with E-state index >= 15 is 0 Å². The van der Waals surface area contributed by atoms with Crippen molar-refractivity contribution in [1.82, 2.24) is 5.32 Å². The zero-order valence-electron chi connectivity index (χ0n) is 11.2. The normalized spacial score (nSPS) is 14.1. The lowest BCUT2D eigenvalue weighted by molar-refractivity contribution is 0.171. The highest BCUT2D eigenvalue weighted by molar-refractivity contribution is 5.39. The van der Waals surface area contributed by atoms with E-state index in [2.05, 4.69) is 26.1 Å². The number of para-hydroxylation sites is 2. The summed E-state index contributed by atoms with van der Waals surface area (Å²) in [6.07, 6.45) is 1.24. The van der Waals surface area contributed by atoms with E-state index in [4.69, 9.17) is 9.47 Å². The molecule has 2 unspecified atom stereocenters. The van der Waals surface area contributed by atoms with Crippen molar-refractivity contribution in [1.29, 1.82) is 0 Å². The van der Waals surface area contributed by atoms with Gasteiger partial charge in [-0.2, -0.15) is 0 Å². The molecule has 0 saturated carbocycles. The van der Waals surface area contributed by atoms with E-state index in [-0.39, 0.29) is 6.10 Å². The topological polar surface area (TPSA) is 30.5 Å². The van der Waals surface area contributed by atoms with E-state index in [1.54, 1.807) is 7.11 Å². The maximum absolute atomic E-state index is 5.91. The molecule has 0 aliphatic carbocycles. The van der Waals surface area contributed by atoms with Crippen molar-refractivity contribution in [3.63, 3.8) is 0 Å². The Bertz CT molecular complexity index is 328. The third kappa shape index (κ3) is 4.27. The van der Waals surface area contributed by atoms with Gasteiger partial charge in [0.05, 0.1) is 7.11 Å². The Morgan fingerprint density at radius 3 is 2.41 bits per heavy atom. The van der Waals surface area contributed by atoms with E-state index in [9.17, 15) is 0 Å². The second-order valence-electron chi connectivity index (χ2n) is 4.22. The molecule has 1 rings (SSSR count). The molecule has 0 aromatic heterocycles. The number of benzene rings is 1. The second kappa shape index (κ2) is 7.17. The largest absolute Gasteiger partial charge is 0.493 e. The van der Waals surface area contributed by atoms with Gasteiger partial charge in [0.15, 0.2) is 11.5 Å². The summed E-state index contributed by atoms with van der Waals surface area (Å²) >= 11 is 0. The van der Waals surface area contributed by atoms with Crippen LogP contribution in [0.1, 0.15) is 27.2 Å². The highest BCUT2D eigenvalue weighted by Crippen LogP contribution is 2.27. The van der Waals surface area contributed by atoms with Crippen LogP contribution in [0.2, 0.25) is 0 Å². The molecule has 3 heteroatoms. The number of rotatable bonds is 7. The molecule has 3 nitrogen and oxygen atoms in total. The molecule has 0 spiro atoms. The zero-order valence-corrected chi connectivity index (χ0v) is 11.2. The minimum absolute atomic E-state index is 0.109. The fourth-order valence-corrected chi connectivity index (χ4v) is 1.56. The van der Waals surface area contributed by atoms with E-state index < -0.39 is 0 Å². The lowest BCUT2D eigenvalue weighted by Gasteiger charge is -2.23. The van der Waals surface area contributed by atoms with Gasteiger partial charge in [-0.25, -0.2) is 0 Å². The average molecular weight is 237 g/mol. The first-order valence-corrected chi connectivity index (χ1v) is 6.22. The SMILES string of the molecule is CCCNC(C)C(C)Oc1ccccc1OC. The first-order chi connectivity index (χ1) is 8.19. The predicted molar refractivity (Wildman–Crippen MR) is 70.8 cm³/mol. The molecule has 0 amide bonds. The van der Waals surface area contributed by atoms with E-state index in [0.29, 0.717) is 6.04 Å². The molecule has 0 saturated heterocycles. The summed E-state index contributed by atoms with van der Waals surface area (Å²) in [5.41, 5.74) is 0. The molecule has 0 radical (unpaired) electrons. The Morgan fingerprint density at radius 1 is 1.18 bits per heavy atom. The van der Waals surface area contributed by atoms with Gasteiger partial charge in [0.25, 0.3) is 0 Å². The summed E-state index contributed by atoms with van der Waals surface area (Å²) in [5.74, 6) is 1.58. The molecular weight excluding hydrogens is 214 g/mol. The Morgan fingerprint density at radius 2 is 1.82 bits per heavy atom. The van der Waals surface area contributed by atoms with Gasteiger partial charge in [-0.1, -0.05) is 19.1 Å². The molecule has 2 atom stereocenters. The maximum atomic E-state index is 5.91. The quantitative estimate of drug-likeness (QED) is 0.791. The van der Waals surface area contributed by atoms with Gasteiger partial charge in [0.1, 0.15) is 6.10 Å². The van der Waals surface area contributed by atoms with E-state index in [1.807, 2.05) is 24.3 Å². The summed E-state index contributed by atoms with van der Waals surface area (Å²) in [7, 11) is 1.66. The summed E-state index contributed by atoms with van der Waals surface area (Å²) in [6, 6.07) is 8.05. The standard InChI is InChI=1S/C14H23NO2/c1-5-10-15-11(2)12(3)17-14-9-7-6-8-13(14)16-4/h6-9,11-12,15H,5,10H2,1-4H3. The van der Waals surface area contributed by atoms with Crippen LogP contribution < -0.4 is 14.8 Å². The van der Waals surface area contributed by atoms with Gasteiger partial charge in [-0.05, 0) is 38.9 Å². The fraction of sp³-hybridized carbons (Fsp3) is 0.571. The predicted octanol–water partition coefficient (Wildman–Crippen LogP) is 2.85. The van der Waals surface area contributed by atoms with Crippen molar-refractivity contribution >= 4 is 0 Å². The Hall–Kier alpha value is -1.22. The number of hydrogen-bond donors (Lipinski definition) is 1. The van der Waals surface area contributed by atoms with Crippen LogP contribution in [0, 0.1) is 0 Å². The fourth-order valence-electron chi connectivity index (χ4n) is 1.56.